The van der Waals surface area contributed by atoms with Crippen LogP contribution in [0.1, 0.15) is 52.0 Å². The summed E-state index contributed by atoms with van der Waals surface area (Å²) in [6, 6.07) is 7.27. The number of halogens is 4. The Balaban J connectivity index is 1.41. The number of carbonyl (C=O) groups excluding carboxylic acids is 4. The number of fused-ring (bicyclic) bond motifs is 1. The Kier molecular flexibility index (Phi) is 8.82. The predicted octanol–water partition coefficient (Wildman–Crippen LogP) is 5.95. The first kappa shape index (κ1) is 26.3. The zero-order chi connectivity index (χ0) is 25.0. The van der Waals surface area contributed by atoms with Gasteiger partial charge in [-0.05, 0) is 31.4 Å². The molecule has 0 unspecified atom stereocenters. The minimum Gasteiger partial charge on any atom is -0.456 e. The SMILES string of the molecule is Cc1ccccc1NC(=O)COC(=O)CCCCCN1C(=O)c2c(Cl)c(Cl)c(Cl)c(Cl)c2C1=O. The average Bonchev–Trinajstić information content (AvgIpc) is 3.06. The molecule has 2 aromatic carbocycles. The Morgan fingerprint density at radius 3 is 2.06 bits per heavy atom. The van der Waals surface area contributed by atoms with Gasteiger partial charge in [0.05, 0.1) is 31.2 Å². The van der Waals surface area contributed by atoms with Crippen molar-refractivity contribution in [3.05, 3.63) is 61.0 Å². The van der Waals surface area contributed by atoms with Crippen LogP contribution in [0.2, 0.25) is 20.1 Å². The van der Waals surface area contributed by atoms with Crippen molar-refractivity contribution < 1.29 is 23.9 Å². The normalized spacial score (nSPS) is 12.7. The molecule has 2 aromatic rings. The number of nitrogens with one attached hydrogen (secondary N) is 1. The fourth-order valence-corrected chi connectivity index (χ4v) is 4.45. The van der Waals surface area contributed by atoms with Crippen molar-refractivity contribution >= 4 is 75.8 Å². The lowest BCUT2D eigenvalue weighted by Gasteiger charge is -2.13. The maximum Gasteiger partial charge on any atom is 0.306 e. The number of para-hydroxylation sites is 1. The van der Waals surface area contributed by atoms with Crippen molar-refractivity contribution in [2.45, 2.75) is 32.6 Å². The van der Waals surface area contributed by atoms with Crippen LogP contribution in [-0.4, -0.2) is 41.7 Å². The molecule has 0 bridgehead atoms. The second-order valence-electron chi connectivity index (χ2n) is 7.60. The molecular formula is C23H20Cl4N2O5. The molecule has 0 aliphatic carbocycles. The fraction of sp³-hybridized carbons (Fsp3) is 0.304. The van der Waals surface area contributed by atoms with Gasteiger partial charge < -0.3 is 10.1 Å². The van der Waals surface area contributed by atoms with Gasteiger partial charge in [0, 0.05) is 18.7 Å². The van der Waals surface area contributed by atoms with Gasteiger partial charge >= 0.3 is 5.97 Å². The molecule has 1 heterocycles. The van der Waals surface area contributed by atoms with Crippen LogP contribution in [0.15, 0.2) is 24.3 Å². The van der Waals surface area contributed by atoms with Gasteiger partial charge in [-0.1, -0.05) is 71.0 Å². The summed E-state index contributed by atoms with van der Waals surface area (Å²) in [5.74, 6) is -2.12. The third-order valence-electron chi connectivity index (χ3n) is 5.23. The number of benzene rings is 2. The minimum atomic E-state index is -0.593. The molecule has 1 aliphatic rings. The van der Waals surface area contributed by atoms with E-state index >= 15 is 0 Å². The summed E-state index contributed by atoms with van der Waals surface area (Å²) >= 11 is 24.2. The van der Waals surface area contributed by atoms with E-state index in [1.807, 2.05) is 19.1 Å². The van der Waals surface area contributed by atoms with Crippen LogP contribution in [0.3, 0.4) is 0 Å². The summed E-state index contributed by atoms with van der Waals surface area (Å²) in [6.45, 7) is 1.59. The zero-order valence-electron chi connectivity index (χ0n) is 18.1. The molecule has 11 heteroatoms. The topological polar surface area (TPSA) is 92.8 Å². The highest BCUT2D eigenvalue weighted by Gasteiger charge is 2.41. The number of esters is 1. The van der Waals surface area contributed by atoms with Crippen LogP contribution < -0.4 is 5.32 Å². The third-order valence-corrected chi connectivity index (χ3v) is 7.03. The molecule has 1 aliphatic heterocycles. The lowest BCUT2D eigenvalue weighted by Crippen LogP contribution is -2.30. The van der Waals surface area contributed by atoms with Gasteiger partial charge in [-0.25, -0.2) is 0 Å². The second kappa shape index (κ2) is 11.4. The maximum absolute atomic E-state index is 12.7. The predicted molar refractivity (Wildman–Crippen MR) is 131 cm³/mol. The molecule has 3 amide bonds. The number of amides is 3. The van der Waals surface area contributed by atoms with Gasteiger partial charge in [0.15, 0.2) is 6.61 Å². The van der Waals surface area contributed by atoms with E-state index in [-0.39, 0.29) is 50.8 Å². The van der Waals surface area contributed by atoms with E-state index in [4.69, 9.17) is 51.1 Å². The van der Waals surface area contributed by atoms with E-state index in [2.05, 4.69) is 5.32 Å². The van der Waals surface area contributed by atoms with E-state index in [9.17, 15) is 19.2 Å². The molecule has 7 nitrogen and oxygen atoms in total. The number of rotatable bonds is 9. The molecular weight excluding hydrogens is 526 g/mol. The first-order valence-corrected chi connectivity index (χ1v) is 11.9. The van der Waals surface area contributed by atoms with Gasteiger partial charge in [-0.3, -0.25) is 24.1 Å². The Hall–Kier alpha value is -2.32. The lowest BCUT2D eigenvalue weighted by atomic mass is 10.1. The number of anilines is 1. The number of aryl methyl sites for hydroxylation is 1. The van der Waals surface area contributed by atoms with Crippen molar-refractivity contribution in [3.63, 3.8) is 0 Å². The number of ether oxygens (including phenoxy) is 1. The van der Waals surface area contributed by atoms with Gasteiger partial charge in [0.25, 0.3) is 17.7 Å². The molecule has 0 saturated carbocycles. The number of carbonyl (C=O) groups is 4. The van der Waals surface area contributed by atoms with Crippen LogP contribution in [0, 0.1) is 6.92 Å². The Morgan fingerprint density at radius 2 is 1.47 bits per heavy atom. The summed E-state index contributed by atoms with van der Waals surface area (Å²) < 4.78 is 5.00. The maximum atomic E-state index is 12.7. The van der Waals surface area contributed by atoms with E-state index < -0.39 is 23.7 Å². The van der Waals surface area contributed by atoms with Crippen LogP contribution in [0.5, 0.6) is 0 Å². The van der Waals surface area contributed by atoms with E-state index in [0.29, 0.717) is 24.9 Å². The largest absolute Gasteiger partial charge is 0.456 e. The summed E-state index contributed by atoms with van der Waals surface area (Å²) in [6.07, 6.45) is 1.55. The van der Waals surface area contributed by atoms with Gasteiger partial charge in [-0.15, -0.1) is 0 Å². The van der Waals surface area contributed by atoms with Crippen LogP contribution in [-0.2, 0) is 14.3 Å². The van der Waals surface area contributed by atoms with E-state index in [1.54, 1.807) is 12.1 Å². The average molecular weight is 546 g/mol. The first-order valence-electron chi connectivity index (χ1n) is 10.4. The Bertz CT molecular complexity index is 1120. The molecule has 0 atom stereocenters. The number of hydrogen-bond donors (Lipinski definition) is 1. The summed E-state index contributed by atoms with van der Waals surface area (Å²) in [4.78, 5) is 50.2. The molecule has 1 N–H and O–H groups in total. The Morgan fingerprint density at radius 1 is 0.882 bits per heavy atom. The highest BCUT2D eigenvalue weighted by Crippen LogP contribution is 2.44. The van der Waals surface area contributed by atoms with Gasteiger partial charge in [-0.2, -0.15) is 0 Å². The number of hydrogen-bond acceptors (Lipinski definition) is 5. The number of imide groups is 1. The van der Waals surface area contributed by atoms with Crippen molar-refractivity contribution in [2.24, 2.45) is 0 Å². The number of nitrogens with zero attached hydrogens (tertiary/aromatic N) is 1. The molecule has 34 heavy (non-hydrogen) atoms. The summed E-state index contributed by atoms with van der Waals surface area (Å²) in [5, 5.41) is 2.30. The third kappa shape index (κ3) is 5.66. The molecule has 0 saturated heterocycles. The zero-order valence-corrected chi connectivity index (χ0v) is 21.1. The second-order valence-corrected chi connectivity index (χ2v) is 9.11. The summed E-state index contributed by atoms with van der Waals surface area (Å²) in [7, 11) is 0. The quantitative estimate of drug-likeness (QED) is 0.138. The monoisotopic (exact) mass is 544 g/mol. The standard InChI is InChI=1S/C23H20Cl4N2O5/c1-12-7-4-5-8-13(12)28-14(30)11-34-15(31)9-3-2-6-10-29-22(32)16-17(23(29)33)19(25)21(27)20(26)18(16)24/h4-5,7-8H,2-3,6,9-11H2,1H3,(H,28,30). The van der Waals surface area contributed by atoms with Crippen molar-refractivity contribution in [1.82, 2.24) is 4.90 Å². The van der Waals surface area contributed by atoms with Crippen molar-refractivity contribution in [2.75, 3.05) is 18.5 Å². The molecule has 0 fully saturated rings. The molecule has 0 aromatic heterocycles. The van der Waals surface area contributed by atoms with E-state index in [1.165, 1.54) is 0 Å². The van der Waals surface area contributed by atoms with Crippen LogP contribution in [0.4, 0.5) is 5.69 Å². The molecule has 0 radical (unpaired) electrons. The van der Waals surface area contributed by atoms with Crippen molar-refractivity contribution in [1.29, 1.82) is 0 Å². The Labute approximate surface area is 216 Å². The van der Waals surface area contributed by atoms with Gasteiger partial charge in [0.1, 0.15) is 0 Å². The molecule has 180 valence electrons. The highest BCUT2D eigenvalue weighted by molar-refractivity contribution is 6.55. The fourth-order valence-electron chi connectivity index (χ4n) is 3.43. The van der Waals surface area contributed by atoms with Crippen molar-refractivity contribution in [3.8, 4) is 0 Å². The number of unbranched alkanes of at least 4 members (excludes halogenated alkanes) is 2. The highest BCUT2D eigenvalue weighted by atomic mass is 35.5. The minimum absolute atomic E-state index is 0.0568. The summed E-state index contributed by atoms with van der Waals surface area (Å²) in [5.41, 5.74) is 1.44. The van der Waals surface area contributed by atoms with Crippen LogP contribution in [0.25, 0.3) is 0 Å². The first-order chi connectivity index (χ1) is 16.1. The molecule has 3 rings (SSSR count). The molecule has 0 spiro atoms. The van der Waals surface area contributed by atoms with Gasteiger partial charge in [0.2, 0.25) is 0 Å². The lowest BCUT2D eigenvalue weighted by molar-refractivity contribution is -0.147. The van der Waals surface area contributed by atoms with Crippen LogP contribution >= 0.6 is 46.4 Å². The smallest absolute Gasteiger partial charge is 0.306 e. The van der Waals surface area contributed by atoms with E-state index in [0.717, 1.165) is 10.5 Å².